The fraction of sp³-hybridized carbons (Fsp3) is 0.333. The first-order chi connectivity index (χ1) is 15.5. The third-order valence-electron chi connectivity index (χ3n) is 5.05. The van der Waals surface area contributed by atoms with Crippen LogP contribution in [0.2, 0.25) is 5.02 Å². The van der Waals surface area contributed by atoms with E-state index in [1.165, 1.54) is 22.4 Å². The van der Waals surface area contributed by atoms with Crippen molar-refractivity contribution in [3.8, 4) is 5.75 Å². The summed E-state index contributed by atoms with van der Waals surface area (Å²) in [4.78, 5) is 26.8. The predicted molar refractivity (Wildman–Crippen MR) is 121 cm³/mol. The van der Waals surface area contributed by atoms with Gasteiger partial charge in [0.2, 0.25) is 0 Å². The molecule has 0 spiro atoms. The number of nitrogens with zero attached hydrogens (tertiary/aromatic N) is 1. The number of hydrogen-bond donors (Lipinski definition) is 3. The molecule has 0 radical (unpaired) electrons. The van der Waals surface area contributed by atoms with Crippen molar-refractivity contribution in [1.82, 2.24) is 15.5 Å². The SMILES string of the molecule is Nc1ccc(OC(F)(F)F)cc1C(=O)NCC(=O)N[C@@H]1CCN(Cc2ccc(Cl)cc2[AsH2])C1. The standard InChI is InChI=1S/C21H23AsClF3N4O3/c22-17-7-13(23)2-1-12(17)10-30-6-5-14(11-30)29-19(31)9-28-20(32)16-8-15(3-4-18(16)27)33-21(24,25)26/h1-4,7-8,14H,5-6,9-11,22,27H2,(H,28,32)(H,29,31)/t14-/m1/s1. The average Bonchev–Trinajstić information content (AvgIpc) is 3.15. The van der Waals surface area contributed by atoms with Crippen molar-refractivity contribution >= 4 is 50.3 Å². The van der Waals surface area contributed by atoms with Crippen LogP contribution < -0.4 is 25.5 Å². The van der Waals surface area contributed by atoms with Crippen LogP contribution in [0.15, 0.2) is 36.4 Å². The molecule has 3 rings (SSSR count). The molecule has 0 saturated carbocycles. The van der Waals surface area contributed by atoms with E-state index in [1.807, 2.05) is 18.2 Å². The molecule has 2 aromatic rings. The Bertz CT molecular complexity index is 1040. The zero-order valence-corrected chi connectivity index (χ0v) is 20.6. The quantitative estimate of drug-likeness (QED) is 0.358. The molecule has 1 aliphatic heterocycles. The van der Waals surface area contributed by atoms with E-state index in [4.69, 9.17) is 17.3 Å². The number of halogens is 4. The number of likely N-dealkylation sites (tertiary alicyclic amines) is 1. The van der Waals surface area contributed by atoms with Gasteiger partial charge < -0.3 is 10.5 Å². The van der Waals surface area contributed by atoms with Crippen molar-refractivity contribution in [3.63, 3.8) is 0 Å². The Morgan fingerprint density at radius 3 is 2.70 bits per heavy atom. The fourth-order valence-electron chi connectivity index (χ4n) is 3.51. The number of benzene rings is 2. The third-order valence-corrected chi connectivity index (χ3v) is 6.41. The molecule has 2 amide bonds. The van der Waals surface area contributed by atoms with E-state index in [9.17, 15) is 22.8 Å². The average molecular weight is 547 g/mol. The van der Waals surface area contributed by atoms with Crippen LogP contribution in [0.25, 0.3) is 0 Å². The molecule has 4 N–H and O–H groups in total. The van der Waals surface area contributed by atoms with Gasteiger partial charge in [-0.15, -0.1) is 13.2 Å². The van der Waals surface area contributed by atoms with Crippen molar-refractivity contribution in [2.75, 3.05) is 25.4 Å². The Labute approximate surface area is 202 Å². The molecule has 1 aliphatic rings. The molecule has 178 valence electrons. The number of amides is 2. The molecule has 1 unspecified atom stereocenters. The van der Waals surface area contributed by atoms with Crippen LogP contribution >= 0.6 is 11.6 Å². The van der Waals surface area contributed by atoms with Crippen LogP contribution in [-0.4, -0.2) is 65.6 Å². The normalized spacial score (nSPS) is 16.5. The Morgan fingerprint density at radius 1 is 1.24 bits per heavy atom. The topological polar surface area (TPSA) is 96.7 Å². The molecular weight excluding hydrogens is 524 g/mol. The van der Waals surface area contributed by atoms with Gasteiger partial charge in [-0.1, -0.05) is 0 Å². The second-order valence-corrected chi connectivity index (χ2v) is 9.35. The van der Waals surface area contributed by atoms with Crippen LogP contribution in [-0.2, 0) is 11.3 Å². The van der Waals surface area contributed by atoms with E-state index >= 15 is 0 Å². The number of anilines is 1. The number of nitrogens with one attached hydrogen (secondary N) is 2. The van der Waals surface area contributed by atoms with Gasteiger partial charge in [-0.25, -0.2) is 0 Å². The molecule has 33 heavy (non-hydrogen) atoms. The summed E-state index contributed by atoms with van der Waals surface area (Å²) < 4.78 is 42.1. The van der Waals surface area contributed by atoms with Crippen molar-refractivity contribution in [1.29, 1.82) is 0 Å². The second-order valence-electron chi connectivity index (χ2n) is 7.61. The first-order valence-corrected chi connectivity index (χ1v) is 11.6. The van der Waals surface area contributed by atoms with Gasteiger partial charge in [0.1, 0.15) is 5.75 Å². The van der Waals surface area contributed by atoms with Crippen molar-refractivity contribution in [2.24, 2.45) is 0 Å². The number of nitrogen functional groups attached to an aromatic ring is 1. The predicted octanol–water partition coefficient (Wildman–Crippen LogP) is 1.20. The van der Waals surface area contributed by atoms with Crippen molar-refractivity contribution < 1.29 is 27.5 Å². The fourth-order valence-corrected chi connectivity index (χ4v) is 4.68. The summed E-state index contributed by atoms with van der Waals surface area (Å²) in [7, 11) is 0. The molecule has 1 heterocycles. The van der Waals surface area contributed by atoms with Gasteiger partial charge in [-0.05, 0) is 18.2 Å². The van der Waals surface area contributed by atoms with Gasteiger partial charge in [-0.3, -0.25) is 0 Å². The number of alkyl halides is 3. The zero-order valence-electron chi connectivity index (χ0n) is 17.4. The van der Waals surface area contributed by atoms with Gasteiger partial charge in [-0.2, -0.15) is 0 Å². The number of nitrogens with two attached hydrogens (primary N) is 1. The van der Waals surface area contributed by atoms with Crippen LogP contribution in [0.5, 0.6) is 5.75 Å². The maximum atomic E-state index is 12.4. The molecule has 2 aromatic carbocycles. The van der Waals surface area contributed by atoms with Crippen molar-refractivity contribution in [3.05, 3.63) is 52.5 Å². The number of carbonyl (C=O) groups excluding carboxylic acids is 2. The summed E-state index contributed by atoms with van der Waals surface area (Å²) in [6, 6.07) is 8.74. The maximum absolute atomic E-state index is 12.4. The van der Waals surface area contributed by atoms with Gasteiger partial charge in [0, 0.05) is 5.69 Å². The van der Waals surface area contributed by atoms with Crippen molar-refractivity contribution in [2.45, 2.75) is 25.4 Å². The van der Waals surface area contributed by atoms with Gasteiger partial charge in [0.15, 0.2) is 0 Å². The van der Waals surface area contributed by atoms with E-state index < -0.39 is 23.9 Å². The number of rotatable bonds is 7. The first kappa shape index (κ1) is 25.2. The summed E-state index contributed by atoms with van der Waals surface area (Å²) in [5.41, 5.74) is 6.62. The Morgan fingerprint density at radius 2 is 2.00 bits per heavy atom. The Hall–Kier alpha value is -2.42. The molecule has 1 fully saturated rings. The summed E-state index contributed by atoms with van der Waals surface area (Å²) in [6.07, 6.45) is -4.13. The number of carbonyl (C=O) groups is 2. The number of hydrogen-bond acceptors (Lipinski definition) is 5. The van der Waals surface area contributed by atoms with E-state index in [2.05, 4.69) is 20.3 Å². The molecule has 0 aliphatic carbocycles. The minimum absolute atomic E-state index is 0.0345. The summed E-state index contributed by atoms with van der Waals surface area (Å²) in [5.74, 6) is -1.75. The van der Waals surface area contributed by atoms with Crippen LogP contribution in [0.3, 0.4) is 0 Å². The van der Waals surface area contributed by atoms with Crippen LogP contribution in [0.1, 0.15) is 22.3 Å². The number of ether oxygens (including phenoxy) is 1. The molecule has 7 nitrogen and oxygen atoms in total. The second kappa shape index (κ2) is 10.7. The van der Waals surface area contributed by atoms with Gasteiger partial charge in [0.05, 0.1) is 0 Å². The molecule has 2 atom stereocenters. The summed E-state index contributed by atoms with van der Waals surface area (Å²) >= 11 is 7.51. The molecular formula is C21H23AsClF3N4O3. The zero-order chi connectivity index (χ0) is 24.2. The van der Waals surface area contributed by atoms with Crippen LogP contribution in [0, 0.1) is 0 Å². The van der Waals surface area contributed by atoms with E-state index in [1.54, 1.807) is 0 Å². The van der Waals surface area contributed by atoms with E-state index in [0.717, 1.165) is 42.1 Å². The first-order valence-electron chi connectivity index (χ1n) is 9.99. The summed E-state index contributed by atoms with van der Waals surface area (Å²) in [5, 5.41) is 5.94. The molecule has 0 aromatic heterocycles. The summed E-state index contributed by atoms with van der Waals surface area (Å²) in [6.45, 7) is 1.90. The van der Waals surface area contributed by atoms with Gasteiger partial charge >= 0.3 is 149 Å². The Balaban J connectivity index is 1.48. The van der Waals surface area contributed by atoms with E-state index in [-0.39, 0.29) is 23.8 Å². The monoisotopic (exact) mass is 546 g/mol. The third kappa shape index (κ3) is 7.55. The van der Waals surface area contributed by atoms with Crippen LogP contribution in [0.4, 0.5) is 18.9 Å². The minimum atomic E-state index is -4.90. The Kier molecular flexibility index (Phi) is 8.15. The van der Waals surface area contributed by atoms with E-state index in [0.29, 0.717) is 11.6 Å². The molecule has 12 heteroatoms. The van der Waals surface area contributed by atoms with Gasteiger partial charge in [0.25, 0.3) is 0 Å². The molecule has 0 bridgehead atoms. The molecule has 1 saturated heterocycles.